The Morgan fingerprint density at radius 2 is 2.47 bits per heavy atom. The van der Waals surface area contributed by atoms with Gasteiger partial charge in [-0.25, -0.2) is 4.98 Å². The van der Waals surface area contributed by atoms with E-state index in [1.807, 2.05) is 12.3 Å². The number of aromatic nitrogens is 1. The van der Waals surface area contributed by atoms with Crippen LogP contribution in [0.2, 0.25) is 5.02 Å². The van der Waals surface area contributed by atoms with Gasteiger partial charge in [-0.2, -0.15) is 0 Å². The third-order valence-corrected chi connectivity index (χ3v) is 3.71. The van der Waals surface area contributed by atoms with Crippen molar-refractivity contribution in [1.29, 1.82) is 0 Å². The fraction of sp³-hybridized carbons (Fsp3) is 0.583. The fourth-order valence-electron chi connectivity index (χ4n) is 2.23. The standard InChI is InChI=1S/C12H17BrClN3/c1-2-5-17(10-3-4-15-8-10)12-11(14)6-9(13)7-16-12/h6-7,10,15H,2-5,8H2,1H3. The molecule has 3 nitrogen and oxygen atoms in total. The second-order valence-corrected chi connectivity index (χ2v) is 5.62. The fourth-order valence-corrected chi connectivity index (χ4v) is 2.96. The second-order valence-electron chi connectivity index (χ2n) is 4.30. The summed E-state index contributed by atoms with van der Waals surface area (Å²) < 4.78 is 0.923. The van der Waals surface area contributed by atoms with E-state index in [1.165, 1.54) is 0 Å². The van der Waals surface area contributed by atoms with Crippen molar-refractivity contribution in [2.75, 3.05) is 24.5 Å². The maximum absolute atomic E-state index is 6.28. The van der Waals surface area contributed by atoms with E-state index in [4.69, 9.17) is 11.6 Å². The van der Waals surface area contributed by atoms with Crippen LogP contribution in [0.15, 0.2) is 16.7 Å². The Morgan fingerprint density at radius 1 is 1.65 bits per heavy atom. The van der Waals surface area contributed by atoms with Crippen LogP contribution < -0.4 is 10.2 Å². The first kappa shape index (κ1) is 13.1. The van der Waals surface area contributed by atoms with Crippen LogP contribution in [-0.4, -0.2) is 30.7 Å². The molecular weight excluding hydrogens is 302 g/mol. The van der Waals surface area contributed by atoms with E-state index in [0.717, 1.165) is 47.8 Å². The lowest BCUT2D eigenvalue weighted by Crippen LogP contribution is -2.38. The SMILES string of the molecule is CCCN(c1ncc(Br)cc1Cl)C1CCNC1. The predicted octanol–water partition coefficient (Wildman–Crippen LogP) is 3.08. The van der Waals surface area contributed by atoms with E-state index in [2.05, 4.69) is 38.1 Å². The van der Waals surface area contributed by atoms with Crippen molar-refractivity contribution in [3.8, 4) is 0 Å². The van der Waals surface area contributed by atoms with Crippen LogP contribution in [0.5, 0.6) is 0 Å². The first-order valence-electron chi connectivity index (χ1n) is 6.00. The van der Waals surface area contributed by atoms with Gasteiger partial charge in [0.1, 0.15) is 5.82 Å². The van der Waals surface area contributed by atoms with Crippen molar-refractivity contribution in [3.63, 3.8) is 0 Å². The molecule has 0 saturated carbocycles. The van der Waals surface area contributed by atoms with Crippen LogP contribution in [0.3, 0.4) is 0 Å². The van der Waals surface area contributed by atoms with Crippen LogP contribution in [0.4, 0.5) is 5.82 Å². The van der Waals surface area contributed by atoms with Crippen LogP contribution in [0.25, 0.3) is 0 Å². The topological polar surface area (TPSA) is 28.2 Å². The van der Waals surface area contributed by atoms with E-state index >= 15 is 0 Å². The number of nitrogens with zero attached hydrogens (tertiary/aromatic N) is 2. The molecule has 1 saturated heterocycles. The molecule has 0 spiro atoms. The maximum atomic E-state index is 6.28. The summed E-state index contributed by atoms with van der Waals surface area (Å²) in [4.78, 5) is 6.79. The van der Waals surface area contributed by atoms with E-state index in [1.54, 1.807) is 0 Å². The summed E-state index contributed by atoms with van der Waals surface area (Å²) in [6.45, 7) is 5.29. The molecule has 17 heavy (non-hydrogen) atoms. The maximum Gasteiger partial charge on any atom is 0.147 e. The highest BCUT2D eigenvalue weighted by atomic mass is 79.9. The van der Waals surface area contributed by atoms with Gasteiger partial charge in [0.05, 0.1) is 5.02 Å². The molecule has 1 aliphatic rings. The molecular formula is C12H17BrClN3. The minimum Gasteiger partial charge on any atom is -0.351 e. The molecule has 1 fully saturated rings. The molecule has 0 amide bonds. The van der Waals surface area contributed by atoms with Gasteiger partial charge in [0, 0.05) is 29.8 Å². The summed E-state index contributed by atoms with van der Waals surface area (Å²) in [5, 5.41) is 4.11. The summed E-state index contributed by atoms with van der Waals surface area (Å²) >= 11 is 9.67. The summed E-state index contributed by atoms with van der Waals surface area (Å²) in [5.74, 6) is 0.908. The number of pyridine rings is 1. The lowest BCUT2D eigenvalue weighted by Gasteiger charge is -2.30. The monoisotopic (exact) mass is 317 g/mol. The van der Waals surface area contributed by atoms with Gasteiger partial charge in [-0.05, 0) is 41.4 Å². The average Bonchev–Trinajstić information content (AvgIpc) is 2.80. The van der Waals surface area contributed by atoms with Crippen LogP contribution >= 0.6 is 27.5 Å². The van der Waals surface area contributed by atoms with Crippen molar-refractivity contribution >= 4 is 33.3 Å². The molecule has 1 aliphatic heterocycles. The van der Waals surface area contributed by atoms with Gasteiger partial charge in [0.2, 0.25) is 0 Å². The lowest BCUT2D eigenvalue weighted by atomic mass is 10.2. The highest BCUT2D eigenvalue weighted by molar-refractivity contribution is 9.10. The lowest BCUT2D eigenvalue weighted by molar-refractivity contribution is 0.618. The summed E-state index contributed by atoms with van der Waals surface area (Å²) in [5.41, 5.74) is 0. The van der Waals surface area contributed by atoms with E-state index in [0.29, 0.717) is 6.04 Å². The van der Waals surface area contributed by atoms with E-state index < -0.39 is 0 Å². The zero-order valence-corrected chi connectivity index (χ0v) is 12.3. The van der Waals surface area contributed by atoms with Gasteiger partial charge in [0.15, 0.2) is 0 Å². The molecule has 1 N–H and O–H groups in total. The van der Waals surface area contributed by atoms with E-state index in [9.17, 15) is 0 Å². The summed E-state index contributed by atoms with van der Waals surface area (Å²) in [7, 11) is 0. The van der Waals surface area contributed by atoms with Crippen molar-refractivity contribution in [3.05, 3.63) is 21.8 Å². The Kier molecular flexibility index (Phi) is 4.65. The third-order valence-electron chi connectivity index (χ3n) is 3.00. The largest absolute Gasteiger partial charge is 0.351 e. The molecule has 0 bridgehead atoms. The van der Waals surface area contributed by atoms with Crippen LogP contribution in [0, 0.1) is 0 Å². The minimum atomic E-state index is 0.515. The Balaban J connectivity index is 2.24. The quantitative estimate of drug-likeness (QED) is 0.925. The minimum absolute atomic E-state index is 0.515. The summed E-state index contributed by atoms with van der Waals surface area (Å²) in [6.07, 6.45) is 4.07. The van der Waals surface area contributed by atoms with Crippen LogP contribution in [0.1, 0.15) is 19.8 Å². The van der Waals surface area contributed by atoms with Gasteiger partial charge in [-0.3, -0.25) is 0 Å². The Labute approximate surface area is 116 Å². The Bertz CT molecular complexity index is 380. The van der Waals surface area contributed by atoms with Gasteiger partial charge in [0.25, 0.3) is 0 Å². The highest BCUT2D eigenvalue weighted by Gasteiger charge is 2.24. The second kappa shape index (κ2) is 6.03. The molecule has 1 aromatic heterocycles. The zero-order chi connectivity index (χ0) is 12.3. The van der Waals surface area contributed by atoms with Crippen molar-refractivity contribution in [2.45, 2.75) is 25.8 Å². The number of halogens is 2. The molecule has 0 aromatic carbocycles. The molecule has 5 heteroatoms. The van der Waals surface area contributed by atoms with Gasteiger partial charge in [-0.1, -0.05) is 18.5 Å². The molecule has 0 radical (unpaired) electrons. The highest BCUT2D eigenvalue weighted by Crippen LogP contribution is 2.28. The number of hydrogen-bond donors (Lipinski definition) is 1. The molecule has 94 valence electrons. The van der Waals surface area contributed by atoms with Crippen LogP contribution in [-0.2, 0) is 0 Å². The van der Waals surface area contributed by atoms with Gasteiger partial charge >= 0.3 is 0 Å². The van der Waals surface area contributed by atoms with E-state index in [-0.39, 0.29) is 0 Å². The molecule has 1 unspecified atom stereocenters. The number of anilines is 1. The number of hydrogen-bond acceptors (Lipinski definition) is 3. The molecule has 1 atom stereocenters. The third kappa shape index (κ3) is 3.12. The molecule has 1 aromatic rings. The summed E-state index contributed by atoms with van der Waals surface area (Å²) in [6, 6.07) is 2.43. The normalized spacial score (nSPS) is 19.6. The molecule has 2 rings (SSSR count). The zero-order valence-electron chi connectivity index (χ0n) is 9.92. The first-order chi connectivity index (χ1) is 8.22. The van der Waals surface area contributed by atoms with Gasteiger partial charge < -0.3 is 10.2 Å². The Hall–Kier alpha value is -0.320. The van der Waals surface area contributed by atoms with Crippen molar-refractivity contribution < 1.29 is 0 Å². The molecule has 2 heterocycles. The number of nitrogens with one attached hydrogen (secondary N) is 1. The smallest absolute Gasteiger partial charge is 0.147 e. The van der Waals surface area contributed by atoms with Crippen molar-refractivity contribution in [1.82, 2.24) is 10.3 Å². The average molecular weight is 319 g/mol. The van der Waals surface area contributed by atoms with Gasteiger partial charge in [-0.15, -0.1) is 0 Å². The Morgan fingerprint density at radius 3 is 3.06 bits per heavy atom. The first-order valence-corrected chi connectivity index (χ1v) is 7.18. The number of rotatable bonds is 4. The van der Waals surface area contributed by atoms with Crippen molar-refractivity contribution in [2.24, 2.45) is 0 Å². The predicted molar refractivity (Wildman–Crippen MR) is 75.9 cm³/mol. The molecule has 0 aliphatic carbocycles.